The first-order valence-corrected chi connectivity index (χ1v) is 7.15. The van der Waals surface area contributed by atoms with Gasteiger partial charge in [0.1, 0.15) is 22.8 Å². The number of hydrogen-bond acceptors (Lipinski definition) is 6. The van der Waals surface area contributed by atoms with Gasteiger partial charge in [-0.05, 0) is 36.4 Å². The highest BCUT2D eigenvalue weighted by atomic mass is 16.5. The topological polar surface area (TPSA) is 70.8 Å². The molecule has 122 valence electrons. The number of fused-ring (bicyclic) bond motifs is 1. The van der Waals surface area contributed by atoms with Crippen LogP contribution in [0.3, 0.4) is 0 Å². The summed E-state index contributed by atoms with van der Waals surface area (Å²) in [5.41, 5.74) is 1.96. The Balaban J connectivity index is 1.75. The lowest BCUT2D eigenvalue weighted by atomic mass is 10.1. The molecule has 24 heavy (non-hydrogen) atoms. The van der Waals surface area contributed by atoms with Gasteiger partial charge in [-0.2, -0.15) is 0 Å². The Kier molecular flexibility index (Phi) is 4.47. The number of oxazole rings is 1. The fourth-order valence-electron chi connectivity index (χ4n) is 2.18. The lowest BCUT2D eigenvalue weighted by Gasteiger charge is -2.07. The van der Waals surface area contributed by atoms with Crippen LogP contribution >= 0.6 is 0 Å². The van der Waals surface area contributed by atoms with Crippen molar-refractivity contribution in [1.82, 2.24) is 4.98 Å². The molecule has 0 aliphatic rings. The SMILES string of the molecule is COc1ccc(OC)c(/C=C/C(=O)Oc2ccc3ocnc3c2)c1. The number of methoxy groups -OCH3 is 2. The van der Waals surface area contributed by atoms with Gasteiger partial charge >= 0.3 is 5.97 Å². The van der Waals surface area contributed by atoms with Crippen molar-refractivity contribution in [2.24, 2.45) is 0 Å². The lowest BCUT2D eigenvalue weighted by molar-refractivity contribution is -0.128. The highest BCUT2D eigenvalue weighted by molar-refractivity contribution is 5.89. The maximum atomic E-state index is 12.0. The Morgan fingerprint density at radius 1 is 1.08 bits per heavy atom. The molecule has 2 aromatic carbocycles. The van der Waals surface area contributed by atoms with Crippen molar-refractivity contribution >= 4 is 23.1 Å². The van der Waals surface area contributed by atoms with Crippen LogP contribution in [0.4, 0.5) is 0 Å². The summed E-state index contributed by atoms with van der Waals surface area (Å²) in [5.74, 6) is 1.18. The van der Waals surface area contributed by atoms with E-state index in [-0.39, 0.29) is 0 Å². The zero-order valence-corrected chi connectivity index (χ0v) is 13.2. The molecule has 0 atom stereocenters. The molecule has 0 aliphatic carbocycles. The standard InChI is InChI=1S/C18H15NO5/c1-21-13-4-6-16(22-2)12(9-13)3-8-18(20)24-14-5-7-17-15(10-14)19-11-23-17/h3-11H,1-2H3/b8-3+. The van der Waals surface area contributed by atoms with E-state index >= 15 is 0 Å². The van der Waals surface area contributed by atoms with Gasteiger partial charge < -0.3 is 18.6 Å². The quantitative estimate of drug-likeness (QED) is 0.406. The number of rotatable bonds is 5. The molecule has 0 radical (unpaired) electrons. The summed E-state index contributed by atoms with van der Waals surface area (Å²) >= 11 is 0. The second kappa shape index (κ2) is 6.87. The highest BCUT2D eigenvalue weighted by Crippen LogP contribution is 2.25. The maximum absolute atomic E-state index is 12.0. The summed E-state index contributed by atoms with van der Waals surface area (Å²) in [4.78, 5) is 16.0. The van der Waals surface area contributed by atoms with Gasteiger partial charge in [0, 0.05) is 17.7 Å². The molecule has 3 aromatic rings. The summed E-state index contributed by atoms with van der Waals surface area (Å²) in [6, 6.07) is 10.3. The molecule has 0 amide bonds. The molecule has 0 saturated heterocycles. The summed E-state index contributed by atoms with van der Waals surface area (Å²) in [6.45, 7) is 0. The van der Waals surface area contributed by atoms with Crippen LogP contribution in [0, 0.1) is 0 Å². The number of nitrogens with zero attached hydrogens (tertiary/aromatic N) is 1. The summed E-state index contributed by atoms with van der Waals surface area (Å²) in [7, 11) is 3.13. The lowest BCUT2D eigenvalue weighted by Crippen LogP contribution is -2.03. The molecule has 1 heterocycles. The molecule has 0 N–H and O–H groups in total. The van der Waals surface area contributed by atoms with Gasteiger partial charge in [-0.25, -0.2) is 9.78 Å². The van der Waals surface area contributed by atoms with Crippen LogP contribution in [0.1, 0.15) is 5.56 Å². The first-order valence-electron chi connectivity index (χ1n) is 7.15. The maximum Gasteiger partial charge on any atom is 0.336 e. The van der Waals surface area contributed by atoms with E-state index in [4.69, 9.17) is 18.6 Å². The van der Waals surface area contributed by atoms with E-state index in [2.05, 4.69) is 4.98 Å². The Morgan fingerprint density at radius 2 is 1.92 bits per heavy atom. The van der Waals surface area contributed by atoms with Crippen LogP contribution in [-0.4, -0.2) is 25.2 Å². The monoisotopic (exact) mass is 325 g/mol. The van der Waals surface area contributed by atoms with E-state index in [1.54, 1.807) is 56.7 Å². The van der Waals surface area contributed by atoms with Crippen LogP contribution in [0.15, 0.2) is 53.3 Å². The molecule has 6 nitrogen and oxygen atoms in total. The molecule has 0 spiro atoms. The third-order valence-electron chi connectivity index (χ3n) is 3.36. The average molecular weight is 325 g/mol. The molecule has 1 aromatic heterocycles. The molecule has 0 fully saturated rings. The second-order valence-electron chi connectivity index (χ2n) is 4.84. The summed E-state index contributed by atoms with van der Waals surface area (Å²) in [6.07, 6.45) is 4.27. The predicted molar refractivity (Wildman–Crippen MR) is 88.2 cm³/mol. The molecule has 6 heteroatoms. The summed E-state index contributed by atoms with van der Waals surface area (Å²) in [5, 5.41) is 0. The minimum atomic E-state index is -0.511. The number of esters is 1. The van der Waals surface area contributed by atoms with E-state index in [1.807, 2.05) is 0 Å². The molecular weight excluding hydrogens is 310 g/mol. The van der Waals surface area contributed by atoms with E-state index < -0.39 is 5.97 Å². The fraction of sp³-hybridized carbons (Fsp3) is 0.111. The number of carbonyl (C=O) groups excluding carboxylic acids is 1. The third-order valence-corrected chi connectivity index (χ3v) is 3.36. The minimum Gasteiger partial charge on any atom is -0.497 e. The summed E-state index contributed by atoms with van der Waals surface area (Å²) < 4.78 is 20.8. The average Bonchev–Trinajstić information content (AvgIpc) is 3.07. The van der Waals surface area contributed by atoms with E-state index in [1.165, 1.54) is 12.5 Å². The van der Waals surface area contributed by atoms with E-state index in [9.17, 15) is 4.79 Å². The van der Waals surface area contributed by atoms with E-state index in [0.717, 1.165) is 0 Å². The van der Waals surface area contributed by atoms with Crippen molar-refractivity contribution in [3.05, 3.63) is 54.4 Å². The van der Waals surface area contributed by atoms with Crippen molar-refractivity contribution < 1.29 is 23.4 Å². The first-order chi connectivity index (χ1) is 11.7. The number of benzene rings is 2. The number of aromatic nitrogens is 1. The van der Waals surface area contributed by atoms with Crippen molar-refractivity contribution in [2.45, 2.75) is 0 Å². The highest BCUT2D eigenvalue weighted by Gasteiger charge is 2.06. The molecule has 0 aliphatic heterocycles. The smallest absolute Gasteiger partial charge is 0.336 e. The fourth-order valence-corrected chi connectivity index (χ4v) is 2.18. The van der Waals surface area contributed by atoms with Gasteiger partial charge in [0.2, 0.25) is 0 Å². The van der Waals surface area contributed by atoms with Gasteiger partial charge in [-0.1, -0.05) is 0 Å². The van der Waals surface area contributed by atoms with Crippen LogP contribution in [0.2, 0.25) is 0 Å². The molecule has 3 rings (SSSR count). The zero-order valence-electron chi connectivity index (χ0n) is 13.2. The van der Waals surface area contributed by atoms with E-state index in [0.29, 0.717) is 33.9 Å². The predicted octanol–water partition coefficient (Wildman–Crippen LogP) is 3.46. The Bertz CT molecular complexity index is 897. The number of carbonyl (C=O) groups is 1. The van der Waals surface area contributed by atoms with Gasteiger partial charge in [-0.3, -0.25) is 0 Å². The zero-order chi connectivity index (χ0) is 16.9. The number of ether oxygens (including phenoxy) is 3. The van der Waals surface area contributed by atoms with Crippen molar-refractivity contribution in [3.63, 3.8) is 0 Å². The van der Waals surface area contributed by atoms with Crippen LogP contribution in [0.25, 0.3) is 17.2 Å². The molecule has 0 saturated carbocycles. The third kappa shape index (κ3) is 3.38. The molecule has 0 unspecified atom stereocenters. The second-order valence-corrected chi connectivity index (χ2v) is 4.84. The van der Waals surface area contributed by atoms with Gasteiger partial charge in [0.25, 0.3) is 0 Å². The van der Waals surface area contributed by atoms with Gasteiger partial charge in [-0.15, -0.1) is 0 Å². The Hall–Kier alpha value is -3.28. The largest absolute Gasteiger partial charge is 0.497 e. The normalized spacial score (nSPS) is 10.9. The minimum absolute atomic E-state index is 0.392. The van der Waals surface area contributed by atoms with Crippen LogP contribution in [0.5, 0.6) is 17.2 Å². The number of hydrogen-bond donors (Lipinski definition) is 0. The Morgan fingerprint density at radius 3 is 2.71 bits per heavy atom. The van der Waals surface area contributed by atoms with Crippen LogP contribution < -0.4 is 14.2 Å². The van der Waals surface area contributed by atoms with Gasteiger partial charge in [0.15, 0.2) is 12.0 Å². The molecular formula is C18H15NO5. The first kappa shape index (κ1) is 15.6. The van der Waals surface area contributed by atoms with Crippen LogP contribution in [-0.2, 0) is 4.79 Å². The molecule has 0 bridgehead atoms. The Labute approximate surface area is 138 Å². The van der Waals surface area contributed by atoms with Crippen molar-refractivity contribution in [3.8, 4) is 17.2 Å². The van der Waals surface area contributed by atoms with Crippen molar-refractivity contribution in [1.29, 1.82) is 0 Å². The van der Waals surface area contributed by atoms with Gasteiger partial charge in [0.05, 0.1) is 14.2 Å². The van der Waals surface area contributed by atoms with Crippen molar-refractivity contribution in [2.75, 3.05) is 14.2 Å².